The number of halogens is 4. The second-order valence-electron chi connectivity index (χ2n) is 4.79. The number of hydrogen-bond acceptors (Lipinski definition) is 2. The van der Waals surface area contributed by atoms with E-state index in [2.05, 4.69) is 20.9 Å². The summed E-state index contributed by atoms with van der Waals surface area (Å²) < 4.78 is 39.1. The van der Waals surface area contributed by atoms with E-state index < -0.39 is 17.6 Å². The average Bonchev–Trinajstić information content (AvgIpc) is 2.45. The Kier molecular flexibility index (Phi) is 4.55. The Morgan fingerprint density at radius 2 is 1.86 bits per heavy atom. The van der Waals surface area contributed by atoms with Gasteiger partial charge in [0.1, 0.15) is 0 Å². The fraction of sp³-hybridized carbons (Fsp3) is 0.200. The first-order valence-electron chi connectivity index (χ1n) is 6.32. The Morgan fingerprint density at radius 1 is 1.27 bits per heavy atom. The zero-order valence-corrected chi connectivity index (χ0v) is 13.1. The van der Waals surface area contributed by atoms with Crippen molar-refractivity contribution in [1.82, 2.24) is 4.98 Å². The molecule has 22 heavy (non-hydrogen) atoms. The second kappa shape index (κ2) is 6.08. The molecule has 0 fully saturated rings. The highest BCUT2D eigenvalue weighted by molar-refractivity contribution is 9.10. The number of nitrogens with two attached hydrogens (primary N) is 1. The third-order valence-corrected chi connectivity index (χ3v) is 3.82. The Labute approximate surface area is 133 Å². The van der Waals surface area contributed by atoms with Crippen molar-refractivity contribution in [2.24, 2.45) is 5.73 Å². The Bertz CT molecular complexity index is 699. The lowest BCUT2D eigenvalue weighted by atomic mass is 9.93. The lowest BCUT2D eigenvalue weighted by Crippen LogP contribution is -2.19. The van der Waals surface area contributed by atoms with Crippen LogP contribution in [0.4, 0.5) is 13.2 Å². The molecule has 0 aliphatic carbocycles. The number of pyridine rings is 1. The van der Waals surface area contributed by atoms with Crippen molar-refractivity contribution >= 4 is 21.8 Å². The molecule has 0 aliphatic heterocycles. The zero-order chi connectivity index (χ0) is 16.5. The maximum Gasteiger partial charge on any atom is 0.417 e. The summed E-state index contributed by atoms with van der Waals surface area (Å²) in [6.45, 7) is 1.76. The highest BCUT2D eigenvalue weighted by Crippen LogP contribution is 2.32. The van der Waals surface area contributed by atoms with Crippen LogP contribution in [0, 0.1) is 0 Å². The van der Waals surface area contributed by atoms with Crippen LogP contribution in [0.15, 0.2) is 41.0 Å². The molecule has 3 nitrogen and oxygen atoms in total. The number of aromatic nitrogens is 1. The maximum absolute atomic E-state index is 12.7. The van der Waals surface area contributed by atoms with Gasteiger partial charge >= 0.3 is 6.18 Å². The Hall–Kier alpha value is -1.89. The van der Waals surface area contributed by atoms with E-state index in [1.165, 1.54) is 0 Å². The predicted octanol–water partition coefficient (Wildman–Crippen LogP) is 4.11. The van der Waals surface area contributed by atoms with Gasteiger partial charge in [0.25, 0.3) is 5.91 Å². The normalized spacial score (nSPS) is 13.0. The number of alkyl halides is 3. The molecule has 1 atom stereocenters. The molecule has 2 rings (SSSR count). The van der Waals surface area contributed by atoms with Crippen LogP contribution in [0.25, 0.3) is 0 Å². The molecular weight excluding hydrogens is 361 g/mol. The lowest BCUT2D eigenvalue weighted by Gasteiger charge is -2.16. The van der Waals surface area contributed by atoms with Gasteiger partial charge in [0.05, 0.1) is 16.8 Å². The van der Waals surface area contributed by atoms with E-state index in [-0.39, 0.29) is 17.2 Å². The van der Waals surface area contributed by atoms with Crippen molar-refractivity contribution in [3.05, 3.63) is 63.4 Å². The molecule has 1 aromatic carbocycles. The maximum atomic E-state index is 12.7. The van der Waals surface area contributed by atoms with E-state index in [1.54, 1.807) is 31.2 Å². The fourth-order valence-electron chi connectivity index (χ4n) is 2.08. The van der Waals surface area contributed by atoms with Gasteiger partial charge < -0.3 is 5.73 Å². The van der Waals surface area contributed by atoms with E-state index in [1.807, 2.05) is 0 Å². The van der Waals surface area contributed by atoms with Crippen LogP contribution in [0.3, 0.4) is 0 Å². The van der Waals surface area contributed by atoms with Crippen LogP contribution in [0.2, 0.25) is 0 Å². The molecular formula is C15H12BrF3N2O. The summed E-state index contributed by atoms with van der Waals surface area (Å²) in [5, 5.41) is 0. The number of amides is 1. The molecule has 1 heterocycles. The molecule has 2 N–H and O–H groups in total. The van der Waals surface area contributed by atoms with Crippen LogP contribution in [0.5, 0.6) is 0 Å². The molecule has 1 aromatic heterocycles. The van der Waals surface area contributed by atoms with Gasteiger partial charge in [-0.25, -0.2) is 0 Å². The molecule has 0 spiro atoms. The standard InChI is InChI=1S/C15H12BrF3N2O/c1-8(9-2-4-11(16)5-3-9)13-12(14(20)22)6-10(7-21-13)15(17,18)19/h2-8H,1H3,(H2,20,22). The summed E-state index contributed by atoms with van der Waals surface area (Å²) in [7, 11) is 0. The van der Waals surface area contributed by atoms with Gasteiger partial charge in [-0.2, -0.15) is 13.2 Å². The number of benzene rings is 1. The molecule has 0 bridgehead atoms. The Balaban J connectivity index is 2.50. The number of hydrogen-bond donors (Lipinski definition) is 1. The smallest absolute Gasteiger partial charge is 0.366 e. The minimum atomic E-state index is -4.57. The van der Waals surface area contributed by atoms with Gasteiger partial charge in [0.2, 0.25) is 0 Å². The van der Waals surface area contributed by atoms with Crippen molar-refractivity contribution in [1.29, 1.82) is 0 Å². The van der Waals surface area contributed by atoms with Crippen LogP contribution in [-0.4, -0.2) is 10.9 Å². The van der Waals surface area contributed by atoms with Gasteiger partial charge in [-0.3, -0.25) is 9.78 Å². The first-order chi connectivity index (χ1) is 10.2. The molecule has 0 radical (unpaired) electrons. The van der Waals surface area contributed by atoms with E-state index in [4.69, 9.17) is 5.73 Å². The van der Waals surface area contributed by atoms with Crippen molar-refractivity contribution < 1.29 is 18.0 Å². The molecule has 1 amide bonds. The summed E-state index contributed by atoms with van der Waals surface area (Å²) >= 11 is 3.31. The van der Waals surface area contributed by atoms with Gasteiger partial charge in [-0.1, -0.05) is 35.0 Å². The van der Waals surface area contributed by atoms with Crippen molar-refractivity contribution in [3.63, 3.8) is 0 Å². The molecule has 7 heteroatoms. The largest absolute Gasteiger partial charge is 0.417 e. The summed E-state index contributed by atoms with van der Waals surface area (Å²) in [5.41, 5.74) is 5.05. The predicted molar refractivity (Wildman–Crippen MR) is 79.4 cm³/mol. The van der Waals surface area contributed by atoms with Gasteiger partial charge in [0.15, 0.2) is 0 Å². The van der Waals surface area contributed by atoms with Crippen molar-refractivity contribution in [2.75, 3.05) is 0 Å². The minimum Gasteiger partial charge on any atom is -0.366 e. The second-order valence-corrected chi connectivity index (χ2v) is 5.71. The molecule has 1 unspecified atom stereocenters. The van der Waals surface area contributed by atoms with E-state index in [0.29, 0.717) is 0 Å². The number of primary amides is 1. The van der Waals surface area contributed by atoms with Crippen LogP contribution in [-0.2, 0) is 6.18 Å². The van der Waals surface area contributed by atoms with Crippen molar-refractivity contribution in [2.45, 2.75) is 19.0 Å². The molecule has 0 saturated heterocycles. The topological polar surface area (TPSA) is 56.0 Å². The third-order valence-electron chi connectivity index (χ3n) is 3.29. The highest BCUT2D eigenvalue weighted by Gasteiger charge is 2.33. The molecule has 2 aromatic rings. The zero-order valence-electron chi connectivity index (χ0n) is 11.5. The first kappa shape index (κ1) is 16.5. The van der Waals surface area contributed by atoms with Gasteiger partial charge in [-0.15, -0.1) is 0 Å². The monoisotopic (exact) mass is 372 g/mol. The molecule has 0 saturated carbocycles. The fourth-order valence-corrected chi connectivity index (χ4v) is 2.35. The van der Waals surface area contributed by atoms with Crippen molar-refractivity contribution in [3.8, 4) is 0 Å². The lowest BCUT2D eigenvalue weighted by molar-refractivity contribution is -0.137. The first-order valence-corrected chi connectivity index (χ1v) is 7.12. The quantitative estimate of drug-likeness (QED) is 0.880. The van der Waals surface area contributed by atoms with E-state index in [0.717, 1.165) is 22.3 Å². The van der Waals surface area contributed by atoms with Crippen LogP contribution in [0.1, 0.15) is 40.0 Å². The number of rotatable bonds is 3. The van der Waals surface area contributed by atoms with Crippen LogP contribution < -0.4 is 5.73 Å². The van der Waals surface area contributed by atoms with Gasteiger partial charge in [-0.05, 0) is 23.8 Å². The summed E-state index contributed by atoms with van der Waals surface area (Å²) in [6.07, 6.45) is -3.85. The molecule has 116 valence electrons. The average molecular weight is 373 g/mol. The van der Waals surface area contributed by atoms with Crippen LogP contribution >= 0.6 is 15.9 Å². The Morgan fingerprint density at radius 3 is 2.36 bits per heavy atom. The number of nitrogens with zero attached hydrogens (tertiary/aromatic N) is 1. The minimum absolute atomic E-state index is 0.217. The summed E-state index contributed by atoms with van der Waals surface area (Å²) in [6, 6.07) is 7.97. The summed E-state index contributed by atoms with van der Waals surface area (Å²) in [5.74, 6) is -1.30. The summed E-state index contributed by atoms with van der Waals surface area (Å²) in [4.78, 5) is 15.3. The number of carbonyl (C=O) groups excluding carboxylic acids is 1. The third kappa shape index (κ3) is 3.47. The van der Waals surface area contributed by atoms with E-state index >= 15 is 0 Å². The molecule has 0 aliphatic rings. The SMILES string of the molecule is CC(c1ccc(Br)cc1)c1ncc(C(F)(F)F)cc1C(N)=O. The van der Waals surface area contributed by atoms with Gasteiger partial charge in [0, 0.05) is 16.6 Å². The highest BCUT2D eigenvalue weighted by atomic mass is 79.9. The van der Waals surface area contributed by atoms with E-state index in [9.17, 15) is 18.0 Å². The number of carbonyl (C=O) groups is 1.